The smallest absolute Gasteiger partial charge is 0.202 e. The molecule has 11 heteroatoms. The fraction of sp³-hybridized carbons (Fsp3) is 0.517. The van der Waals surface area contributed by atoms with Crippen molar-refractivity contribution in [3.8, 4) is 17.2 Å². The Balaban J connectivity index is 1.65. The Kier molecular flexibility index (Phi) is 7.18. The second-order valence-corrected chi connectivity index (χ2v) is 10.9. The van der Waals surface area contributed by atoms with Gasteiger partial charge < -0.3 is 44.1 Å². The lowest BCUT2D eigenvalue weighted by atomic mass is 9.73. The summed E-state index contributed by atoms with van der Waals surface area (Å²) in [5, 5.41) is 45.1. The van der Waals surface area contributed by atoms with Crippen LogP contribution in [-0.2, 0) is 25.4 Å². The van der Waals surface area contributed by atoms with Gasteiger partial charge in [0.25, 0.3) is 0 Å². The van der Waals surface area contributed by atoms with Crippen LogP contribution in [0.15, 0.2) is 12.1 Å². The molecule has 1 fully saturated rings. The summed E-state index contributed by atoms with van der Waals surface area (Å²) in [6.45, 7) is 4.97. The number of phenols is 2. The molecule has 0 radical (unpaired) electrons. The predicted molar refractivity (Wildman–Crippen MR) is 139 cm³/mol. The van der Waals surface area contributed by atoms with Crippen molar-refractivity contribution in [3.05, 3.63) is 51.1 Å². The molecule has 7 atom stereocenters. The van der Waals surface area contributed by atoms with Gasteiger partial charge in [-0.15, -0.1) is 0 Å². The van der Waals surface area contributed by atoms with Crippen molar-refractivity contribution in [2.45, 2.75) is 76.0 Å². The number of methoxy groups -OCH3 is 3. The van der Waals surface area contributed by atoms with Crippen LogP contribution in [0, 0.1) is 6.92 Å². The largest absolute Gasteiger partial charge is 0.507 e. The molecule has 1 heterocycles. The van der Waals surface area contributed by atoms with Gasteiger partial charge in [0.1, 0.15) is 35.6 Å². The number of rotatable bonds is 5. The maximum atomic E-state index is 13.8. The molecular weight excluding hydrogens is 524 g/mol. The summed E-state index contributed by atoms with van der Waals surface area (Å²) in [5.74, 6) is -2.23. The molecule has 40 heavy (non-hydrogen) atoms. The van der Waals surface area contributed by atoms with Gasteiger partial charge in [0.15, 0.2) is 12.1 Å². The average molecular weight is 559 g/mol. The third kappa shape index (κ3) is 4.20. The van der Waals surface area contributed by atoms with E-state index in [0.717, 1.165) is 0 Å². The lowest BCUT2D eigenvalue weighted by Gasteiger charge is -2.45. The summed E-state index contributed by atoms with van der Waals surface area (Å²) in [4.78, 5) is 27.4. The highest BCUT2D eigenvalue weighted by molar-refractivity contribution is 6.31. The van der Waals surface area contributed by atoms with Crippen molar-refractivity contribution < 1.29 is 53.7 Å². The number of aromatic hydroxyl groups is 2. The van der Waals surface area contributed by atoms with Gasteiger partial charge in [0.05, 0.1) is 41.6 Å². The zero-order valence-electron chi connectivity index (χ0n) is 23.2. The van der Waals surface area contributed by atoms with Crippen molar-refractivity contribution >= 4 is 11.6 Å². The first-order valence-electron chi connectivity index (χ1n) is 13.0. The molecule has 2 aromatic rings. The third-order valence-corrected chi connectivity index (χ3v) is 8.17. The number of carbonyl (C=O) groups is 2. The van der Waals surface area contributed by atoms with Crippen LogP contribution in [-0.4, -0.2) is 89.6 Å². The molecule has 0 amide bonds. The molecule has 4 N–H and O–H groups in total. The number of fused-ring (bicyclic) bond motifs is 3. The van der Waals surface area contributed by atoms with E-state index in [4.69, 9.17) is 23.7 Å². The van der Waals surface area contributed by atoms with Gasteiger partial charge in [-0.25, -0.2) is 0 Å². The van der Waals surface area contributed by atoms with Crippen LogP contribution in [0.2, 0.25) is 0 Å². The number of phenolic OH excluding ortho intramolecular Hbond substituents is 2. The number of hydrogen-bond acceptors (Lipinski definition) is 11. The minimum absolute atomic E-state index is 0.0108. The Morgan fingerprint density at radius 1 is 0.975 bits per heavy atom. The predicted octanol–water partition coefficient (Wildman–Crippen LogP) is 2.08. The van der Waals surface area contributed by atoms with E-state index >= 15 is 0 Å². The molecule has 0 spiro atoms. The van der Waals surface area contributed by atoms with Crippen molar-refractivity contribution in [3.63, 3.8) is 0 Å². The SMILES string of the molecule is COc1c(C)ccc2c1C(=O)c1c(O)c3c(c(O)c1C2=O)CC(C)(O)CC3OC1OC(C)C(OC)C(OC)C1O. The van der Waals surface area contributed by atoms with Crippen molar-refractivity contribution in [2.24, 2.45) is 0 Å². The number of ether oxygens (including phenoxy) is 5. The maximum Gasteiger partial charge on any atom is 0.202 e. The van der Waals surface area contributed by atoms with E-state index in [-0.39, 0.29) is 52.0 Å². The van der Waals surface area contributed by atoms with Crippen LogP contribution in [0.25, 0.3) is 0 Å². The van der Waals surface area contributed by atoms with Crippen LogP contribution in [0.5, 0.6) is 17.2 Å². The molecule has 0 bridgehead atoms. The second kappa shape index (κ2) is 10.1. The molecule has 11 nitrogen and oxygen atoms in total. The fourth-order valence-electron chi connectivity index (χ4n) is 6.32. The monoisotopic (exact) mass is 558 g/mol. The van der Waals surface area contributed by atoms with Crippen LogP contribution in [0.3, 0.4) is 0 Å². The van der Waals surface area contributed by atoms with Crippen LogP contribution in [0.1, 0.15) is 74.9 Å². The van der Waals surface area contributed by atoms with Gasteiger partial charge in [-0.3, -0.25) is 9.59 Å². The lowest BCUT2D eigenvalue weighted by molar-refractivity contribution is -0.314. The second-order valence-electron chi connectivity index (χ2n) is 10.9. The first-order valence-corrected chi connectivity index (χ1v) is 13.0. The molecule has 216 valence electrons. The Morgan fingerprint density at radius 3 is 2.25 bits per heavy atom. The number of hydrogen-bond donors (Lipinski definition) is 4. The highest BCUT2D eigenvalue weighted by atomic mass is 16.7. The molecule has 2 aliphatic carbocycles. The molecule has 7 unspecified atom stereocenters. The van der Waals surface area contributed by atoms with Crippen molar-refractivity contribution in [2.75, 3.05) is 21.3 Å². The third-order valence-electron chi connectivity index (χ3n) is 8.17. The molecule has 5 rings (SSSR count). The van der Waals surface area contributed by atoms with Gasteiger partial charge in [0.2, 0.25) is 5.78 Å². The Hall–Kier alpha value is -3.06. The van der Waals surface area contributed by atoms with Gasteiger partial charge >= 0.3 is 0 Å². The summed E-state index contributed by atoms with van der Waals surface area (Å²) in [7, 11) is 4.27. The number of carbonyl (C=O) groups excluding carboxylic acids is 2. The number of benzene rings is 2. The van der Waals surface area contributed by atoms with Crippen LogP contribution >= 0.6 is 0 Å². The normalized spacial score (nSPS) is 31.4. The van der Waals surface area contributed by atoms with Crippen molar-refractivity contribution in [1.82, 2.24) is 0 Å². The summed E-state index contributed by atoms with van der Waals surface area (Å²) in [5.41, 5.74) is -1.41. The maximum absolute atomic E-state index is 13.8. The fourth-order valence-corrected chi connectivity index (χ4v) is 6.32. The lowest BCUT2D eigenvalue weighted by Crippen LogP contribution is -2.59. The number of aryl methyl sites for hydroxylation is 1. The average Bonchev–Trinajstić information content (AvgIpc) is 2.89. The summed E-state index contributed by atoms with van der Waals surface area (Å²) < 4.78 is 28.4. The summed E-state index contributed by atoms with van der Waals surface area (Å²) in [6, 6.07) is 3.12. The highest BCUT2D eigenvalue weighted by Crippen LogP contribution is 2.52. The quantitative estimate of drug-likeness (QED) is 0.339. The van der Waals surface area contributed by atoms with E-state index in [2.05, 4.69) is 0 Å². The van der Waals surface area contributed by atoms with Gasteiger partial charge in [-0.1, -0.05) is 6.07 Å². The number of ketones is 2. The van der Waals surface area contributed by atoms with E-state index in [9.17, 15) is 30.0 Å². The minimum Gasteiger partial charge on any atom is -0.507 e. The standard InChI is InChI=1S/C29H34O11/c1-11-7-8-13-17(25(11)36-4)23(33)19-18(20(13)30)21(31)14-9-29(3,35)10-15(16(14)22(19)32)40-28-24(34)27(38-6)26(37-5)12(2)39-28/h7-8,12,15,24,26-28,31-32,34-35H,9-10H2,1-6H3. The number of aliphatic hydroxyl groups is 2. The minimum atomic E-state index is -1.43. The van der Waals surface area contributed by atoms with Gasteiger partial charge in [0, 0.05) is 43.8 Å². The van der Waals surface area contributed by atoms with E-state index in [1.807, 2.05) is 0 Å². The Bertz CT molecular complexity index is 1380. The topological polar surface area (TPSA) is 161 Å². The van der Waals surface area contributed by atoms with E-state index in [0.29, 0.717) is 5.56 Å². The number of aliphatic hydroxyl groups excluding tert-OH is 1. The molecular formula is C29H34O11. The first-order chi connectivity index (χ1) is 18.9. The molecule has 3 aliphatic rings. The van der Waals surface area contributed by atoms with Gasteiger partial charge in [-0.05, 0) is 32.4 Å². The van der Waals surface area contributed by atoms with Crippen LogP contribution in [0.4, 0.5) is 0 Å². The zero-order chi connectivity index (χ0) is 29.3. The molecule has 1 saturated heterocycles. The summed E-state index contributed by atoms with van der Waals surface area (Å²) in [6.07, 6.45) is -5.86. The van der Waals surface area contributed by atoms with Crippen molar-refractivity contribution in [1.29, 1.82) is 0 Å². The van der Waals surface area contributed by atoms with E-state index in [1.54, 1.807) is 19.9 Å². The molecule has 1 aliphatic heterocycles. The molecule has 0 aromatic heterocycles. The van der Waals surface area contributed by atoms with E-state index < -0.39 is 65.5 Å². The molecule has 2 aromatic carbocycles. The zero-order valence-corrected chi connectivity index (χ0v) is 23.2. The van der Waals surface area contributed by atoms with E-state index in [1.165, 1.54) is 34.3 Å². The summed E-state index contributed by atoms with van der Waals surface area (Å²) >= 11 is 0. The Morgan fingerprint density at radius 2 is 1.62 bits per heavy atom. The highest BCUT2D eigenvalue weighted by Gasteiger charge is 2.49. The molecule has 0 saturated carbocycles. The van der Waals surface area contributed by atoms with Crippen LogP contribution < -0.4 is 4.74 Å². The first kappa shape index (κ1) is 28.5. The Labute approximate surface area is 231 Å². The van der Waals surface area contributed by atoms with Gasteiger partial charge in [-0.2, -0.15) is 0 Å².